The summed E-state index contributed by atoms with van der Waals surface area (Å²) in [5, 5.41) is 22.0. The van der Waals surface area contributed by atoms with Crippen molar-refractivity contribution in [3.05, 3.63) is 11.6 Å². The van der Waals surface area contributed by atoms with Crippen molar-refractivity contribution in [2.24, 2.45) is 35.0 Å². The Kier molecular flexibility index (Phi) is 6.81. The van der Waals surface area contributed by atoms with Gasteiger partial charge in [0.1, 0.15) is 11.7 Å². The molecule has 1 saturated heterocycles. The highest BCUT2D eigenvalue weighted by atomic mass is 16.7. The number of carbonyl (C=O) groups excluding carboxylic acids is 1. The molecule has 3 aliphatic carbocycles. The second-order valence-electron chi connectivity index (χ2n) is 12.7. The summed E-state index contributed by atoms with van der Waals surface area (Å²) in [4.78, 5) is 12.6. The topological polar surface area (TPSA) is 85.2 Å². The van der Waals surface area contributed by atoms with Crippen molar-refractivity contribution in [2.45, 2.75) is 123 Å². The van der Waals surface area contributed by atoms with Crippen LogP contribution in [0.4, 0.5) is 0 Å². The Hall–Kier alpha value is -0.950. The van der Waals surface area contributed by atoms with E-state index in [9.17, 15) is 15.0 Å². The second-order valence-corrected chi connectivity index (χ2v) is 12.7. The third kappa shape index (κ3) is 4.27. The van der Waals surface area contributed by atoms with Crippen LogP contribution in [-0.4, -0.2) is 52.0 Å². The maximum Gasteiger partial charge on any atom is 0.331 e. The Balaban J connectivity index is 1.60. The molecule has 6 heteroatoms. The molecule has 4 aliphatic rings. The molecular formula is C28H46O6. The Morgan fingerprint density at radius 1 is 1.12 bits per heavy atom. The van der Waals surface area contributed by atoms with Crippen LogP contribution in [-0.2, 0) is 19.0 Å². The fourth-order valence-corrected chi connectivity index (χ4v) is 7.51. The van der Waals surface area contributed by atoms with Crippen molar-refractivity contribution < 1.29 is 29.2 Å². The smallest absolute Gasteiger partial charge is 0.331 e. The standard InChI is InChI=1S/C28H46O6/c1-9-15(2)14-20(29)33-23-24(30)28(8,31)17(4)32-25(23)34-27(7)13-12-19-22(26(19,5)6)21-16(3)10-11-18(21)27/h14,16-19,21-25,30-31H,9-13H2,1-8H3/b15-14+/t16?,17?,18-,19+,21+,22+,23?,24?,25?,27-,28?/m0/s1. The lowest BCUT2D eigenvalue weighted by molar-refractivity contribution is -0.347. The molecule has 0 bridgehead atoms. The van der Waals surface area contributed by atoms with E-state index in [1.807, 2.05) is 13.8 Å². The quantitative estimate of drug-likeness (QED) is 0.443. The fraction of sp³-hybridized carbons (Fsp3) is 0.893. The molecule has 11 atom stereocenters. The molecule has 194 valence electrons. The van der Waals surface area contributed by atoms with Crippen molar-refractivity contribution in [1.82, 2.24) is 0 Å². The van der Waals surface area contributed by atoms with Gasteiger partial charge in [0, 0.05) is 6.08 Å². The molecule has 34 heavy (non-hydrogen) atoms. The molecule has 0 aromatic rings. The number of hydrogen-bond acceptors (Lipinski definition) is 6. The first kappa shape index (κ1) is 26.1. The summed E-state index contributed by atoms with van der Waals surface area (Å²) in [7, 11) is 0. The van der Waals surface area contributed by atoms with Crippen LogP contribution in [0.1, 0.15) is 87.5 Å². The summed E-state index contributed by atoms with van der Waals surface area (Å²) in [5.41, 5.74) is -0.718. The largest absolute Gasteiger partial charge is 0.451 e. The molecule has 1 heterocycles. The lowest BCUT2D eigenvalue weighted by Crippen LogP contribution is -2.66. The van der Waals surface area contributed by atoms with Crippen molar-refractivity contribution in [2.75, 3.05) is 0 Å². The van der Waals surface area contributed by atoms with Gasteiger partial charge in [-0.1, -0.05) is 39.7 Å². The van der Waals surface area contributed by atoms with Crippen molar-refractivity contribution in [1.29, 1.82) is 0 Å². The molecule has 1 aliphatic heterocycles. The summed E-state index contributed by atoms with van der Waals surface area (Å²) in [5.74, 6) is 2.57. The molecule has 0 aromatic heterocycles. The number of esters is 1. The average molecular weight is 479 g/mol. The Morgan fingerprint density at radius 2 is 1.79 bits per heavy atom. The highest BCUT2D eigenvalue weighted by Gasteiger charge is 2.67. The van der Waals surface area contributed by atoms with E-state index in [-0.39, 0.29) is 0 Å². The van der Waals surface area contributed by atoms with Crippen molar-refractivity contribution >= 4 is 5.97 Å². The number of aliphatic hydroxyl groups excluding tert-OH is 1. The zero-order valence-corrected chi connectivity index (χ0v) is 22.3. The third-order valence-corrected chi connectivity index (χ3v) is 10.2. The number of carbonyl (C=O) groups is 1. The monoisotopic (exact) mass is 478 g/mol. The van der Waals surface area contributed by atoms with Crippen LogP contribution in [0.5, 0.6) is 0 Å². The molecule has 0 radical (unpaired) electrons. The molecule has 6 nitrogen and oxygen atoms in total. The predicted octanol–water partition coefficient (Wildman–Crippen LogP) is 4.61. The third-order valence-electron chi connectivity index (χ3n) is 10.2. The minimum absolute atomic E-state index is 0.398. The Labute approximate surface area is 205 Å². The summed E-state index contributed by atoms with van der Waals surface area (Å²) in [6.07, 6.45) is 2.48. The van der Waals surface area contributed by atoms with Gasteiger partial charge in [-0.3, -0.25) is 0 Å². The summed E-state index contributed by atoms with van der Waals surface area (Å²) >= 11 is 0. The molecule has 4 fully saturated rings. The zero-order valence-electron chi connectivity index (χ0n) is 22.3. The van der Waals surface area contributed by atoms with E-state index in [0.717, 1.165) is 43.1 Å². The van der Waals surface area contributed by atoms with Gasteiger partial charge in [-0.05, 0) is 88.4 Å². The summed E-state index contributed by atoms with van der Waals surface area (Å²) < 4.78 is 18.6. The van der Waals surface area contributed by atoms with Gasteiger partial charge >= 0.3 is 5.97 Å². The van der Waals surface area contributed by atoms with Crippen LogP contribution in [0.2, 0.25) is 0 Å². The van der Waals surface area contributed by atoms with Gasteiger partial charge in [0.2, 0.25) is 0 Å². The van der Waals surface area contributed by atoms with Crippen LogP contribution in [0.15, 0.2) is 11.6 Å². The number of hydrogen-bond donors (Lipinski definition) is 2. The number of aliphatic hydroxyl groups is 2. The molecule has 3 saturated carbocycles. The van der Waals surface area contributed by atoms with Crippen molar-refractivity contribution in [3.8, 4) is 0 Å². The first-order valence-electron chi connectivity index (χ1n) is 13.4. The number of allylic oxidation sites excluding steroid dienone is 1. The number of fused-ring (bicyclic) bond motifs is 3. The zero-order chi connectivity index (χ0) is 25.2. The maximum atomic E-state index is 12.6. The number of rotatable bonds is 5. The van der Waals surface area contributed by atoms with E-state index in [1.165, 1.54) is 19.4 Å². The first-order chi connectivity index (χ1) is 15.7. The first-order valence-corrected chi connectivity index (χ1v) is 13.4. The molecule has 2 N–H and O–H groups in total. The van der Waals surface area contributed by atoms with E-state index >= 15 is 0 Å². The van der Waals surface area contributed by atoms with Crippen LogP contribution >= 0.6 is 0 Å². The highest BCUT2D eigenvalue weighted by molar-refractivity contribution is 5.82. The lowest BCUT2D eigenvalue weighted by atomic mass is 9.74. The summed E-state index contributed by atoms with van der Waals surface area (Å²) in [6, 6.07) is 0. The second kappa shape index (κ2) is 8.86. The van der Waals surface area contributed by atoms with Gasteiger partial charge in [0.15, 0.2) is 12.4 Å². The molecule has 0 aromatic carbocycles. The van der Waals surface area contributed by atoms with Crippen LogP contribution in [0, 0.1) is 35.0 Å². The van der Waals surface area contributed by atoms with Gasteiger partial charge in [-0.25, -0.2) is 4.79 Å². The van der Waals surface area contributed by atoms with E-state index in [4.69, 9.17) is 14.2 Å². The average Bonchev–Trinajstić information content (AvgIpc) is 3.13. The SMILES string of the molecule is CC/C(C)=C/C(=O)OC1C(O[C@@]2(C)CC[C@@H]3[C@H]([C@@H]4C(C)CC[C@@H]42)C3(C)C)OC(C)C(C)(O)C1O. The van der Waals surface area contributed by atoms with Crippen LogP contribution in [0.25, 0.3) is 0 Å². The van der Waals surface area contributed by atoms with Crippen LogP contribution in [0.3, 0.4) is 0 Å². The molecular weight excluding hydrogens is 432 g/mol. The predicted molar refractivity (Wildman–Crippen MR) is 130 cm³/mol. The van der Waals surface area contributed by atoms with Crippen LogP contribution < -0.4 is 0 Å². The number of ether oxygens (including phenoxy) is 3. The van der Waals surface area contributed by atoms with E-state index < -0.39 is 41.8 Å². The molecule has 6 unspecified atom stereocenters. The van der Waals surface area contributed by atoms with E-state index in [1.54, 1.807) is 6.92 Å². The van der Waals surface area contributed by atoms with E-state index in [2.05, 4.69) is 27.7 Å². The Bertz CT molecular complexity index is 818. The van der Waals surface area contributed by atoms with E-state index in [0.29, 0.717) is 23.2 Å². The molecule has 0 spiro atoms. The molecule has 4 rings (SSSR count). The van der Waals surface area contributed by atoms with Gasteiger partial charge in [0.05, 0.1) is 11.7 Å². The van der Waals surface area contributed by atoms with Gasteiger partial charge < -0.3 is 24.4 Å². The normalized spacial score (nSPS) is 50.2. The Morgan fingerprint density at radius 3 is 2.44 bits per heavy atom. The van der Waals surface area contributed by atoms with Gasteiger partial charge in [-0.2, -0.15) is 0 Å². The maximum absolute atomic E-state index is 12.6. The van der Waals surface area contributed by atoms with Gasteiger partial charge in [-0.15, -0.1) is 0 Å². The molecule has 0 amide bonds. The fourth-order valence-electron chi connectivity index (χ4n) is 7.51. The van der Waals surface area contributed by atoms with Gasteiger partial charge in [0.25, 0.3) is 0 Å². The minimum Gasteiger partial charge on any atom is -0.451 e. The van der Waals surface area contributed by atoms with Crippen molar-refractivity contribution in [3.63, 3.8) is 0 Å². The summed E-state index contributed by atoms with van der Waals surface area (Å²) in [6.45, 7) is 16.5. The highest BCUT2D eigenvalue weighted by Crippen LogP contribution is 2.71. The minimum atomic E-state index is -1.56. The lowest BCUT2D eigenvalue weighted by Gasteiger charge is -2.50.